The first kappa shape index (κ1) is 15.2. The maximum absolute atomic E-state index is 12.2. The van der Waals surface area contributed by atoms with Crippen molar-refractivity contribution in [1.29, 1.82) is 0 Å². The molecule has 0 spiro atoms. The molecule has 8 heteroatoms. The van der Waals surface area contributed by atoms with Crippen molar-refractivity contribution in [2.45, 2.75) is 37.4 Å². The van der Waals surface area contributed by atoms with Crippen LogP contribution in [0.15, 0.2) is 16.4 Å². The van der Waals surface area contributed by atoms with Gasteiger partial charge in [-0.3, -0.25) is 14.3 Å². The summed E-state index contributed by atoms with van der Waals surface area (Å²) in [5.74, 6) is 2.08. The molecule has 2 aliphatic rings. The predicted molar refractivity (Wildman–Crippen MR) is 81.4 cm³/mol. The van der Waals surface area contributed by atoms with Crippen LogP contribution in [-0.2, 0) is 18.3 Å². The zero-order valence-corrected chi connectivity index (χ0v) is 12.9. The summed E-state index contributed by atoms with van der Waals surface area (Å²) in [7, 11) is 1.75. The van der Waals surface area contributed by atoms with Gasteiger partial charge in [0.05, 0.1) is 11.3 Å². The highest BCUT2D eigenvalue weighted by Gasteiger charge is 2.39. The number of nitrogens with one attached hydrogen (secondary N) is 2. The van der Waals surface area contributed by atoms with Gasteiger partial charge in [-0.05, 0) is 0 Å². The van der Waals surface area contributed by atoms with E-state index < -0.39 is 11.7 Å². The number of rotatable bonds is 6. The predicted octanol–water partition coefficient (Wildman–Crippen LogP) is 0.156. The van der Waals surface area contributed by atoms with Gasteiger partial charge < -0.3 is 10.6 Å². The summed E-state index contributed by atoms with van der Waals surface area (Å²) < 4.78 is 1.58. The molecule has 0 fully saturated rings. The van der Waals surface area contributed by atoms with Gasteiger partial charge in [0.25, 0.3) is 5.91 Å². The summed E-state index contributed by atoms with van der Waals surface area (Å²) in [5.41, 5.74) is 0.762. The highest BCUT2D eigenvalue weighted by Crippen LogP contribution is 2.36. The van der Waals surface area contributed by atoms with Crippen LogP contribution in [0.1, 0.15) is 35.3 Å². The van der Waals surface area contributed by atoms with Gasteiger partial charge in [0.1, 0.15) is 6.04 Å². The standard InChI is InChI=1S/C15H18N6O2/c1-3-4-5-15(19-20-15)6-7-16-14(23)12-8-11-10(13(22)17-12)9-21(2)18-11/h1,9,12H,4-8H2,2H3,(H,16,23)(H,17,22). The zero-order valence-electron chi connectivity index (χ0n) is 12.9. The Kier molecular flexibility index (Phi) is 3.86. The van der Waals surface area contributed by atoms with Gasteiger partial charge in [-0.25, -0.2) is 0 Å². The summed E-state index contributed by atoms with van der Waals surface area (Å²) in [6, 6.07) is -0.598. The molecule has 3 rings (SSSR count). The van der Waals surface area contributed by atoms with Crippen molar-refractivity contribution in [3.63, 3.8) is 0 Å². The Labute approximate surface area is 133 Å². The third kappa shape index (κ3) is 3.23. The Morgan fingerprint density at radius 3 is 3.04 bits per heavy atom. The number of carbonyl (C=O) groups excluding carboxylic acids is 2. The molecule has 2 aliphatic heterocycles. The second-order valence-electron chi connectivity index (χ2n) is 5.82. The van der Waals surface area contributed by atoms with E-state index >= 15 is 0 Å². The zero-order chi connectivity index (χ0) is 16.4. The van der Waals surface area contributed by atoms with Crippen LogP contribution in [0.2, 0.25) is 0 Å². The monoisotopic (exact) mass is 314 g/mol. The Bertz CT molecular complexity index is 708. The third-order valence-electron chi connectivity index (χ3n) is 4.05. The lowest BCUT2D eigenvalue weighted by atomic mass is 10.0. The lowest BCUT2D eigenvalue weighted by Gasteiger charge is -2.22. The van der Waals surface area contributed by atoms with E-state index in [1.807, 2.05) is 0 Å². The average molecular weight is 314 g/mol. The van der Waals surface area contributed by atoms with Crippen LogP contribution in [0.4, 0.5) is 0 Å². The van der Waals surface area contributed by atoms with Crippen LogP contribution < -0.4 is 10.6 Å². The summed E-state index contributed by atoms with van der Waals surface area (Å²) >= 11 is 0. The summed E-state index contributed by atoms with van der Waals surface area (Å²) in [6.07, 6.45) is 9.23. The number of terminal acetylenes is 1. The van der Waals surface area contributed by atoms with Crippen LogP contribution in [0.5, 0.6) is 0 Å². The van der Waals surface area contributed by atoms with Gasteiger partial charge in [-0.15, -0.1) is 12.3 Å². The van der Waals surface area contributed by atoms with E-state index in [0.717, 1.165) is 0 Å². The maximum atomic E-state index is 12.2. The highest BCUT2D eigenvalue weighted by molar-refractivity contribution is 6.00. The van der Waals surface area contributed by atoms with Crippen LogP contribution in [0, 0.1) is 12.3 Å². The molecule has 1 unspecified atom stereocenters. The summed E-state index contributed by atoms with van der Waals surface area (Å²) in [6.45, 7) is 0.442. The van der Waals surface area contributed by atoms with Crippen molar-refractivity contribution in [1.82, 2.24) is 20.4 Å². The number of hydrogen-bond donors (Lipinski definition) is 2. The Morgan fingerprint density at radius 2 is 2.35 bits per heavy atom. The van der Waals surface area contributed by atoms with Crippen LogP contribution in [-0.4, -0.2) is 39.8 Å². The molecule has 1 atom stereocenters. The molecule has 0 aliphatic carbocycles. The molecule has 1 aromatic heterocycles. The molecule has 0 saturated carbocycles. The van der Waals surface area contributed by atoms with Gasteiger partial charge in [-0.1, -0.05) is 0 Å². The molecule has 2 amide bonds. The van der Waals surface area contributed by atoms with E-state index in [-0.39, 0.29) is 11.8 Å². The quantitative estimate of drug-likeness (QED) is 0.731. The topological polar surface area (TPSA) is 101 Å². The largest absolute Gasteiger partial charge is 0.354 e. The maximum Gasteiger partial charge on any atom is 0.255 e. The van der Waals surface area contributed by atoms with Crippen LogP contribution in [0.25, 0.3) is 0 Å². The van der Waals surface area contributed by atoms with E-state index in [1.165, 1.54) is 0 Å². The van der Waals surface area contributed by atoms with Gasteiger partial charge in [0, 0.05) is 45.5 Å². The normalized spacial score (nSPS) is 20.3. The molecule has 0 bridgehead atoms. The molecule has 120 valence electrons. The van der Waals surface area contributed by atoms with Crippen molar-refractivity contribution >= 4 is 11.8 Å². The molecule has 1 aromatic rings. The first-order valence-corrected chi connectivity index (χ1v) is 7.52. The first-order chi connectivity index (χ1) is 11.0. The fourth-order valence-corrected chi connectivity index (χ4v) is 2.69. The van der Waals surface area contributed by atoms with E-state index in [0.29, 0.717) is 43.5 Å². The Balaban J connectivity index is 1.50. The van der Waals surface area contributed by atoms with E-state index in [4.69, 9.17) is 6.42 Å². The second-order valence-corrected chi connectivity index (χ2v) is 5.82. The molecule has 0 aromatic carbocycles. The number of fused-ring (bicyclic) bond motifs is 1. The summed E-state index contributed by atoms with van der Waals surface area (Å²) in [4.78, 5) is 24.2. The smallest absolute Gasteiger partial charge is 0.255 e. The number of nitrogens with zero attached hydrogens (tertiary/aromatic N) is 4. The molecule has 23 heavy (non-hydrogen) atoms. The van der Waals surface area contributed by atoms with Gasteiger partial charge in [0.2, 0.25) is 5.91 Å². The molecule has 0 saturated heterocycles. The lowest BCUT2D eigenvalue weighted by Crippen LogP contribution is -2.51. The van der Waals surface area contributed by atoms with Gasteiger partial charge >= 0.3 is 0 Å². The molecule has 0 radical (unpaired) electrons. The third-order valence-corrected chi connectivity index (χ3v) is 4.05. The molecule has 2 N–H and O–H groups in total. The molecular weight excluding hydrogens is 296 g/mol. The number of hydrogen-bond acceptors (Lipinski definition) is 5. The fraction of sp³-hybridized carbons (Fsp3) is 0.533. The Morgan fingerprint density at radius 1 is 1.57 bits per heavy atom. The van der Waals surface area contributed by atoms with Crippen molar-refractivity contribution in [3.8, 4) is 12.3 Å². The van der Waals surface area contributed by atoms with Crippen LogP contribution >= 0.6 is 0 Å². The van der Waals surface area contributed by atoms with Gasteiger partial charge in [-0.2, -0.15) is 15.3 Å². The molecular formula is C15H18N6O2. The Hall–Kier alpha value is -2.69. The minimum absolute atomic E-state index is 0.220. The van der Waals surface area contributed by atoms with Crippen molar-refractivity contribution in [3.05, 3.63) is 17.5 Å². The molecule has 8 nitrogen and oxygen atoms in total. The number of carbonyl (C=O) groups is 2. The minimum atomic E-state index is -0.598. The summed E-state index contributed by atoms with van der Waals surface area (Å²) in [5, 5.41) is 17.8. The second kappa shape index (κ2) is 5.83. The fourth-order valence-electron chi connectivity index (χ4n) is 2.69. The molecule has 3 heterocycles. The van der Waals surface area contributed by atoms with Gasteiger partial charge in [0.15, 0.2) is 5.66 Å². The van der Waals surface area contributed by atoms with E-state index in [2.05, 4.69) is 31.9 Å². The highest BCUT2D eigenvalue weighted by atomic mass is 16.2. The SMILES string of the molecule is C#CCCC1(CCNC(=O)C2Cc3nn(C)cc3C(=O)N2)N=N1. The van der Waals surface area contributed by atoms with E-state index in [9.17, 15) is 9.59 Å². The van der Waals surface area contributed by atoms with Crippen molar-refractivity contribution in [2.75, 3.05) is 6.54 Å². The van der Waals surface area contributed by atoms with Crippen LogP contribution in [0.3, 0.4) is 0 Å². The van der Waals surface area contributed by atoms with E-state index in [1.54, 1.807) is 17.9 Å². The average Bonchev–Trinajstić information content (AvgIpc) is 3.18. The number of amides is 2. The minimum Gasteiger partial charge on any atom is -0.354 e. The first-order valence-electron chi connectivity index (χ1n) is 7.52. The van der Waals surface area contributed by atoms with Crippen molar-refractivity contribution in [2.24, 2.45) is 17.3 Å². The lowest BCUT2D eigenvalue weighted by molar-refractivity contribution is -0.123. The van der Waals surface area contributed by atoms with Crippen molar-refractivity contribution < 1.29 is 9.59 Å². The number of aryl methyl sites for hydroxylation is 1. The number of aromatic nitrogens is 2.